The zero-order valence-electron chi connectivity index (χ0n) is 12.6. The predicted molar refractivity (Wildman–Crippen MR) is 79.4 cm³/mol. The fourth-order valence-corrected chi connectivity index (χ4v) is 2.48. The highest BCUT2D eigenvalue weighted by Crippen LogP contribution is 2.19. The number of benzene rings is 1. The molecule has 6 nitrogen and oxygen atoms in total. The molecule has 21 heavy (non-hydrogen) atoms. The summed E-state index contributed by atoms with van der Waals surface area (Å²) in [4.78, 5) is 11.5. The van der Waals surface area contributed by atoms with E-state index in [1.807, 2.05) is 13.8 Å². The van der Waals surface area contributed by atoms with Crippen LogP contribution in [-0.4, -0.2) is 43.9 Å². The summed E-state index contributed by atoms with van der Waals surface area (Å²) in [5, 5.41) is 12.2. The van der Waals surface area contributed by atoms with Gasteiger partial charge in [-0.15, -0.1) is 0 Å². The number of aliphatic carboxylic acids is 1. The molecule has 0 aliphatic rings. The van der Waals surface area contributed by atoms with Crippen LogP contribution in [0.3, 0.4) is 0 Å². The largest absolute Gasteiger partial charge is 0.491 e. The third kappa shape index (κ3) is 5.02. The number of carboxylic acid groups (broad SMARTS) is 1. The minimum absolute atomic E-state index is 0.0305. The molecule has 0 saturated heterocycles. The fourth-order valence-electron chi connectivity index (χ4n) is 1.82. The number of carboxylic acids is 1. The van der Waals surface area contributed by atoms with E-state index in [4.69, 9.17) is 4.74 Å². The van der Waals surface area contributed by atoms with E-state index >= 15 is 0 Å². The first-order valence-electron chi connectivity index (χ1n) is 6.48. The van der Waals surface area contributed by atoms with Gasteiger partial charge < -0.3 is 9.84 Å². The monoisotopic (exact) mass is 315 g/mol. The first-order chi connectivity index (χ1) is 9.54. The first-order valence-corrected chi connectivity index (χ1v) is 8.38. The third-order valence-electron chi connectivity index (χ3n) is 2.84. The molecule has 0 aromatic heterocycles. The van der Waals surface area contributed by atoms with Gasteiger partial charge in [-0.1, -0.05) is 6.07 Å². The predicted octanol–water partition coefficient (Wildman–Crippen LogP) is 1.31. The molecule has 0 amide bonds. The molecule has 0 aliphatic heterocycles. The topological polar surface area (TPSA) is 92.7 Å². The lowest BCUT2D eigenvalue weighted by Crippen LogP contribution is -2.56. The Bertz CT molecular complexity index is 612. The maximum Gasteiger partial charge on any atom is 0.327 e. The molecule has 0 radical (unpaired) electrons. The Morgan fingerprint density at radius 3 is 2.52 bits per heavy atom. The van der Waals surface area contributed by atoms with E-state index < -0.39 is 21.3 Å². The first kappa shape index (κ1) is 17.5. The minimum Gasteiger partial charge on any atom is -0.491 e. The number of hydrogen-bond acceptors (Lipinski definition) is 5. The van der Waals surface area contributed by atoms with Crippen molar-refractivity contribution < 1.29 is 23.1 Å². The van der Waals surface area contributed by atoms with E-state index in [2.05, 4.69) is 5.32 Å². The highest BCUT2D eigenvalue weighted by Gasteiger charge is 2.34. The number of nitrogens with one attached hydrogen (secondary N) is 1. The summed E-state index contributed by atoms with van der Waals surface area (Å²) >= 11 is 0. The second-order valence-electron chi connectivity index (χ2n) is 5.47. The van der Waals surface area contributed by atoms with Crippen LogP contribution in [0.1, 0.15) is 20.8 Å². The smallest absolute Gasteiger partial charge is 0.327 e. The van der Waals surface area contributed by atoms with Gasteiger partial charge in [0.05, 0.1) is 4.90 Å². The van der Waals surface area contributed by atoms with Gasteiger partial charge in [0, 0.05) is 12.3 Å². The van der Waals surface area contributed by atoms with Crippen LogP contribution in [0.4, 0.5) is 0 Å². The Morgan fingerprint density at radius 2 is 2.05 bits per heavy atom. The third-order valence-corrected chi connectivity index (χ3v) is 3.95. The highest BCUT2D eigenvalue weighted by molar-refractivity contribution is 7.90. The molecular formula is C14H21NO5S. The lowest BCUT2D eigenvalue weighted by molar-refractivity contribution is -0.145. The number of sulfone groups is 1. The van der Waals surface area contributed by atoms with Crippen molar-refractivity contribution in [3.63, 3.8) is 0 Å². The molecule has 1 aromatic carbocycles. The van der Waals surface area contributed by atoms with Gasteiger partial charge in [0.15, 0.2) is 9.84 Å². The van der Waals surface area contributed by atoms with Crippen molar-refractivity contribution in [3.05, 3.63) is 24.3 Å². The number of ether oxygens (including phenoxy) is 1. The van der Waals surface area contributed by atoms with Crippen LogP contribution < -0.4 is 10.1 Å². The van der Waals surface area contributed by atoms with Crippen LogP contribution >= 0.6 is 0 Å². The minimum atomic E-state index is -3.33. The second kappa shape index (κ2) is 6.44. The summed E-state index contributed by atoms with van der Waals surface area (Å²) in [6.45, 7) is 5.08. The van der Waals surface area contributed by atoms with Crippen molar-refractivity contribution in [2.45, 2.75) is 37.2 Å². The van der Waals surface area contributed by atoms with E-state index in [0.717, 1.165) is 6.26 Å². The zero-order valence-corrected chi connectivity index (χ0v) is 13.4. The van der Waals surface area contributed by atoms with E-state index in [1.54, 1.807) is 12.1 Å². The van der Waals surface area contributed by atoms with E-state index in [-0.39, 0.29) is 17.5 Å². The maximum atomic E-state index is 11.5. The SMILES string of the molecule is CC(C)NC(C)(COc1cccc(S(C)(=O)=O)c1)C(=O)O. The molecule has 0 bridgehead atoms. The Balaban J connectivity index is 2.89. The summed E-state index contributed by atoms with van der Waals surface area (Å²) in [6.07, 6.45) is 1.10. The van der Waals surface area contributed by atoms with Crippen molar-refractivity contribution in [1.29, 1.82) is 0 Å². The highest BCUT2D eigenvalue weighted by atomic mass is 32.2. The fraction of sp³-hybridized carbons (Fsp3) is 0.500. The summed E-state index contributed by atoms with van der Waals surface area (Å²) < 4.78 is 28.4. The van der Waals surface area contributed by atoms with E-state index in [9.17, 15) is 18.3 Å². The van der Waals surface area contributed by atoms with Crippen LogP contribution in [-0.2, 0) is 14.6 Å². The Morgan fingerprint density at radius 1 is 1.43 bits per heavy atom. The van der Waals surface area contributed by atoms with Crippen LogP contribution in [0, 0.1) is 0 Å². The molecule has 7 heteroatoms. The normalized spacial score (nSPS) is 14.7. The molecular weight excluding hydrogens is 294 g/mol. The van der Waals surface area contributed by atoms with Crippen molar-refractivity contribution in [2.75, 3.05) is 12.9 Å². The average Bonchev–Trinajstić information content (AvgIpc) is 2.35. The standard InChI is InChI=1S/C14H21NO5S/c1-10(2)15-14(3,13(16)17)9-20-11-6-5-7-12(8-11)21(4,18)19/h5-8,10,15H,9H2,1-4H3,(H,16,17). The Kier molecular flexibility index (Phi) is 5.36. The zero-order chi connectivity index (χ0) is 16.3. The number of carbonyl (C=O) groups is 1. The molecule has 0 saturated carbocycles. The van der Waals surface area contributed by atoms with Gasteiger partial charge in [0.2, 0.25) is 0 Å². The van der Waals surface area contributed by atoms with Crippen LogP contribution in [0.5, 0.6) is 5.75 Å². The van der Waals surface area contributed by atoms with Gasteiger partial charge in [-0.2, -0.15) is 0 Å². The quantitative estimate of drug-likeness (QED) is 0.788. The van der Waals surface area contributed by atoms with E-state index in [0.29, 0.717) is 5.75 Å². The van der Waals surface area contributed by atoms with Crippen molar-refractivity contribution >= 4 is 15.8 Å². The van der Waals surface area contributed by atoms with Gasteiger partial charge in [-0.05, 0) is 39.0 Å². The average molecular weight is 315 g/mol. The number of rotatable bonds is 7. The van der Waals surface area contributed by atoms with Crippen molar-refractivity contribution in [3.8, 4) is 5.75 Å². The van der Waals surface area contributed by atoms with Gasteiger partial charge in [-0.25, -0.2) is 8.42 Å². The molecule has 0 heterocycles. The molecule has 0 aliphatic carbocycles. The molecule has 118 valence electrons. The maximum absolute atomic E-state index is 11.5. The molecule has 1 rings (SSSR count). The summed E-state index contributed by atoms with van der Waals surface area (Å²) in [5.41, 5.74) is -1.25. The lowest BCUT2D eigenvalue weighted by Gasteiger charge is -2.28. The second-order valence-corrected chi connectivity index (χ2v) is 7.49. The summed E-state index contributed by atoms with van der Waals surface area (Å²) in [6, 6.07) is 5.96. The Hall–Kier alpha value is -1.60. The molecule has 0 fully saturated rings. The van der Waals surface area contributed by atoms with Crippen LogP contribution in [0.15, 0.2) is 29.2 Å². The van der Waals surface area contributed by atoms with E-state index in [1.165, 1.54) is 19.1 Å². The van der Waals surface area contributed by atoms with Crippen LogP contribution in [0.2, 0.25) is 0 Å². The molecule has 1 atom stereocenters. The van der Waals surface area contributed by atoms with Gasteiger partial charge >= 0.3 is 5.97 Å². The summed E-state index contributed by atoms with van der Waals surface area (Å²) in [5.74, 6) is -0.716. The van der Waals surface area contributed by atoms with Gasteiger partial charge in [0.1, 0.15) is 17.9 Å². The Labute approximate surface area is 125 Å². The molecule has 2 N–H and O–H groups in total. The molecule has 0 spiro atoms. The van der Waals surface area contributed by atoms with Gasteiger partial charge in [0.25, 0.3) is 0 Å². The van der Waals surface area contributed by atoms with Gasteiger partial charge in [-0.3, -0.25) is 10.1 Å². The van der Waals surface area contributed by atoms with Crippen molar-refractivity contribution in [1.82, 2.24) is 5.32 Å². The summed E-state index contributed by atoms with van der Waals surface area (Å²) in [7, 11) is -3.33. The number of hydrogen-bond donors (Lipinski definition) is 2. The molecule has 1 aromatic rings. The van der Waals surface area contributed by atoms with Crippen LogP contribution in [0.25, 0.3) is 0 Å². The molecule has 1 unspecified atom stereocenters. The van der Waals surface area contributed by atoms with Crippen molar-refractivity contribution in [2.24, 2.45) is 0 Å². The lowest BCUT2D eigenvalue weighted by atomic mass is 10.0.